The Labute approximate surface area is 82.4 Å². The first-order valence-corrected chi connectivity index (χ1v) is 4.64. The van der Waals surface area contributed by atoms with Gasteiger partial charge in [0.1, 0.15) is 0 Å². The molecule has 0 spiro atoms. The molecule has 0 unspecified atom stereocenters. The van der Waals surface area contributed by atoms with Gasteiger partial charge < -0.3 is 9.47 Å². The number of esters is 1. The van der Waals surface area contributed by atoms with E-state index in [1.54, 1.807) is 0 Å². The van der Waals surface area contributed by atoms with Crippen LogP contribution in [0.25, 0.3) is 0 Å². The lowest BCUT2D eigenvalue weighted by Gasteiger charge is -2.03. The average Bonchev–Trinajstić information content (AvgIpc) is 2.54. The number of aromatic nitrogens is 2. The van der Waals surface area contributed by atoms with E-state index in [0.29, 0.717) is 24.7 Å². The van der Waals surface area contributed by atoms with Gasteiger partial charge in [0, 0.05) is 6.42 Å². The predicted molar refractivity (Wildman–Crippen MR) is 50.3 cm³/mol. The number of nitrogens with zero attached hydrogens (tertiary/aromatic N) is 1. The van der Waals surface area contributed by atoms with Crippen molar-refractivity contribution in [1.82, 2.24) is 10.2 Å². The maximum Gasteiger partial charge on any atom is 0.311 e. The summed E-state index contributed by atoms with van der Waals surface area (Å²) in [6, 6.07) is 0. The molecular formula is C9H14N2O3. The number of aromatic amines is 1. The molecule has 0 saturated carbocycles. The highest BCUT2D eigenvalue weighted by atomic mass is 16.6. The zero-order chi connectivity index (χ0) is 10.4. The van der Waals surface area contributed by atoms with Crippen molar-refractivity contribution in [2.45, 2.75) is 26.7 Å². The van der Waals surface area contributed by atoms with Gasteiger partial charge >= 0.3 is 5.97 Å². The molecule has 5 nitrogen and oxygen atoms in total. The number of rotatable bonds is 5. The van der Waals surface area contributed by atoms with E-state index in [1.165, 1.54) is 6.20 Å². The van der Waals surface area contributed by atoms with Gasteiger partial charge in [-0.05, 0) is 13.3 Å². The van der Waals surface area contributed by atoms with Crippen LogP contribution in [0.3, 0.4) is 0 Å². The summed E-state index contributed by atoms with van der Waals surface area (Å²) in [5, 5.41) is 6.33. The van der Waals surface area contributed by atoms with Crippen LogP contribution in [-0.2, 0) is 4.79 Å². The molecule has 1 rings (SSSR count). The van der Waals surface area contributed by atoms with Crippen molar-refractivity contribution in [3.05, 3.63) is 6.20 Å². The molecule has 0 aromatic carbocycles. The molecule has 1 aromatic heterocycles. The van der Waals surface area contributed by atoms with E-state index < -0.39 is 0 Å². The molecule has 0 aliphatic carbocycles. The molecule has 0 saturated heterocycles. The van der Waals surface area contributed by atoms with Crippen molar-refractivity contribution in [3.8, 4) is 11.6 Å². The van der Waals surface area contributed by atoms with Crippen LogP contribution in [0.5, 0.6) is 11.6 Å². The molecule has 5 heteroatoms. The highest BCUT2D eigenvalue weighted by molar-refractivity contribution is 5.72. The summed E-state index contributed by atoms with van der Waals surface area (Å²) < 4.78 is 10.2. The quantitative estimate of drug-likeness (QED) is 0.728. The van der Waals surface area contributed by atoms with Gasteiger partial charge in [0.25, 0.3) is 5.88 Å². The fourth-order valence-corrected chi connectivity index (χ4v) is 0.961. The lowest BCUT2D eigenvalue weighted by atomic mass is 10.3. The van der Waals surface area contributed by atoms with Crippen molar-refractivity contribution in [3.63, 3.8) is 0 Å². The molecule has 1 aromatic rings. The number of ether oxygens (including phenoxy) is 2. The summed E-state index contributed by atoms with van der Waals surface area (Å²) in [6.45, 7) is 4.26. The number of hydrogen-bond donors (Lipinski definition) is 1. The van der Waals surface area contributed by atoms with Gasteiger partial charge in [-0.15, -0.1) is 0 Å². The first-order chi connectivity index (χ1) is 6.77. The number of hydrogen-bond acceptors (Lipinski definition) is 4. The molecule has 0 radical (unpaired) electrons. The Morgan fingerprint density at radius 2 is 2.36 bits per heavy atom. The summed E-state index contributed by atoms with van der Waals surface area (Å²) in [7, 11) is 0. The van der Waals surface area contributed by atoms with E-state index in [9.17, 15) is 4.79 Å². The second-order valence-electron chi connectivity index (χ2n) is 2.72. The normalized spacial score (nSPS) is 9.86. The SMILES string of the molecule is CCCC(=O)Oc1cn[nH]c1OCC. The maximum absolute atomic E-state index is 11.1. The van der Waals surface area contributed by atoms with Crippen molar-refractivity contribution >= 4 is 5.97 Å². The summed E-state index contributed by atoms with van der Waals surface area (Å²) in [6.07, 6.45) is 2.59. The number of H-pyrrole nitrogens is 1. The van der Waals surface area contributed by atoms with Gasteiger partial charge in [0.2, 0.25) is 5.75 Å². The van der Waals surface area contributed by atoms with Crippen LogP contribution in [0.4, 0.5) is 0 Å². The Balaban J connectivity index is 2.56. The molecule has 1 heterocycles. The zero-order valence-corrected chi connectivity index (χ0v) is 8.37. The Kier molecular flexibility index (Phi) is 3.97. The molecule has 0 atom stereocenters. The smallest absolute Gasteiger partial charge is 0.311 e. The first kappa shape index (κ1) is 10.6. The van der Waals surface area contributed by atoms with Gasteiger partial charge in [-0.25, -0.2) is 5.10 Å². The van der Waals surface area contributed by atoms with Crippen LogP contribution in [0.1, 0.15) is 26.7 Å². The van der Waals surface area contributed by atoms with Crippen LogP contribution >= 0.6 is 0 Å². The van der Waals surface area contributed by atoms with Gasteiger partial charge in [0.05, 0.1) is 12.8 Å². The third-order valence-corrected chi connectivity index (χ3v) is 1.54. The summed E-state index contributed by atoms with van der Waals surface area (Å²) in [5.41, 5.74) is 0. The summed E-state index contributed by atoms with van der Waals surface area (Å²) in [5.74, 6) is 0.483. The lowest BCUT2D eigenvalue weighted by Crippen LogP contribution is -2.07. The topological polar surface area (TPSA) is 64.2 Å². The Morgan fingerprint density at radius 1 is 1.57 bits per heavy atom. The van der Waals surface area contributed by atoms with E-state index in [-0.39, 0.29) is 5.97 Å². The van der Waals surface area contributed by atoms with Crippen LogP contribution in [-0.4, -0.2) is 22.8 Å². The molecular weight excluding hydrogens is 184 g/mol. The zero-order valence-electron chi connectivity index (χ0n) is 8.37. The van der Waals surface area contributed by atoms with E-state index in [1.807, 2.05) is 13.8 Å². The molecule has 14 heavy (non-hydrogen) atoms. The molecule has 0 amide bonds. The standard InChI is InChI=1S/C9H14N2O3/c1-3-5-8(12)14-7-6-10-11-9(7)13-4-2/h6H,3-5H2,1-2H3,(H,10,11). The van der Waals surface area contributed by atoms with Crippen LogP contribution < -0.4 is 9.47 Å². The minimum Gasteiger partial charge on any atom is -0.476 e. The molecule has 0 bridgehead atoms. The number of carbonyl (C=O) groups is 1. The molecule has 78 valence electrons. The summed E-state index contributed by atoms with van der Waals surface area (Å²) in [4.78, 5) is 11.1. The predicted octanol–water partition coefficient (Wildman–Crippen LogP) is 1.51. The van der Waals surface area contributed by atoms with Crippen LogP contribution in [0.2, 0.25) is 0 Å². The second-order valence-corrected chi connectivity index (χ2v) is 2.72. The second kappa shape index (κ2) is 5.26. The van der Waals surface area contributed by atoms with Crippen molar-refractivity contribution in [1.29, 1.82) is 0 Å². The van der Waals surface area contributed by atoms with Gasteiger partial charge in [-0.2, -0.15) is 5.10 Å². The van der Waals surface area contributed by atoms with E-state index in [4.69, 9.17) is 9.47 Å². The number of nitrogens with one attached hydrogen (secondary N) is 1. The fourth-order valence-electron chi connectivity index (χ4n) is 0.961. The van der Waals surface area contributed by atoms with Crippen molar-refractivity contribution in [2.24, 2.45) is 0 Å². The van der Waals surface area contributed by atoms with Gasteiger partial charge in [-0.3, -0.25) is 4.79 Å². The molecule has 0 aliphatic rings. The largest absolute Gasteiger partial charge is 0.476 e. The first-order valence-electron chi connectivity index (χ1n) is 4.64. The molecule has 1 N–H and O–H groups in total. The van der Waals surface area contributed by atoms with Gasteiger partial charge in [0.15, 0.2) is 0 Å². The van der Waals surface area contributed by atoms with Crippen LogP contribution in [0, 0.1) is 0 Å². The van der Waals surface area contributed by atoms with E-state index in [2.05, 4.69) is 10.2 Å². The monoisotopic (exact) mass is 198 g/mol. The minimum atomic E-state index is -0.269. The highest BCUT2D eigenvalue weighted by Crippen LogP contribution is 2.23. The summed E-state index contributed by atoms with van der Waals surface area (Å²) >= 11 is 0. The van der Waals surface area contributed by atoms with E-state index in [0.717, 1.165) is 6.42 Å². The minimum absolute atomic E-state index is 0.269. The Morgan fingerprint density at radius 3 is 3.00 bits per heavy atom. The number of carbonyl (C=O) groups excluding carboxylic acids is 1. The maximum atomic E-state index is 11.1. The Hall–Kier alpha value is -1.52. The molecule has 0 fully saturated rings. The third-order valence-electron chi connectivity index (χ3n) is 1.54. The fraction of sp³-hybridized carbons (Fsp3) is 0.556. The van der Waals surface area contributed by atoms with E-state index >= 15 is 0 Å². The molecule has 0 aliphatic heterocycles. The van der Waals surface area contributed by atoms with Crippen LogP contribution in [0.15, 0.2) is 6.20 Å². The van der Waals surface area contributed by atoms with Crippen molar-refractivity contribution in [2.75, 3.05) is 6.61 Å². The average molecular weight is 198 g/mol. The highest BCUT2D eigenvalue weighted by Gasteiger charge is 2.11. The van der Waals surface area contributed by atoms with Crippen molar-refractivity contribution < 1.29 is 14.3 Å². The lowest BCUT2D eigenvalue weighted by molar-refractivity contribution is -0.134. The Bertz CT molecular complexity index is 296. The van der Waals surface area contributed by atoms with Gasteiger partial charge in [-0.1, -0.05) is 6.92 Å². The third kappa shape index (κ3) is 2.76.